The fraction of sp³-hybridized carbons (Fsp3) is 0.600. The summed E-state index contributed by atoms with van der Waals surface area (Å²) in [5.74, 6) is 0. The van der Waals surface area contributed by atoms with Gasteiger partial charge in [-0.2, -0.15) is 0 Å². The highest BCUT2D eigenvalue weighted by Gasteiger charge is 2.08. The largest absolute Gasteiger partial charge is 0.311 e. The third-order valence-corrected chi connectivity index (χ3v) is 4.22. The first-order chi connectivity index (χ1) is 9.25. The molecule has 1 fully saturated rings. The van der Waals surface area contributed by atoms with Gasteiger partial charge in [-0.1, -0.05) is 42.1 Å². The standard InChI is InChI=1S/C15H22Cl2N2/c16-14-6-5-13(15(17)11-14)12-18-7-10-19-8-3-1-2-4-9-19/h5-6,11,18H,1-4,7-10,12H2. The van der Waals surface area contributed by atoms with Gasteiger partial charge in [-0.3, -0.25) is 0 Å². The van der Waals surface area contributed by atoms with Gasteiger partial charge in [0.2, 0.25) is 0 Å². The molecule has 1 aliphatic rings. The van der Waals surface area contributed by atoms with Gasteiger partial charge in [-0.15, -0.1) is 0 Å². The number of likely N-dealkylation sites (tertiary alicyclic amines) is 1. The van der Waals surface area contributed by atoms with E-state index in [0.717, 1.165) is 30.2 Å². The molecular formula is C15H22Cl2N2. The van der Waals surface area contributed by atoms with Crippen LogP contribution in [-0.4, -0.2) is 31.1 Å². The van der Waals surface area contributed by atoms with Crippen LogP contribution in [0, 0.1) is 0 Å². The Morgan fingerprint density at radius 3 is 2.47 bits per heavy atom. The molecule has 1 N–H and O–H groups in total. The molecule has 1 aromatic carbocycles. The summed E-state index contributed by atoms with van der Waals surface area (Å²) in [6, 6.07) is 5.68. The molecule has 0 aliphatic carbocycles. The van der Waals surface area contributed by atoms with Crippen LogP contribution in [0.2, 0.25) is 10.0 Å². The average Bonchev–Trinajstić information content (AvgIpc) is 2.65. The molecule has 0 atom stereocenters. The molecule has 0 radical (unpaired) electrons. The van der Waals surface area contributed by atoms with Crippen molar-refractivity contribution in [3.05, 3.63) is 33.8 Å². The van der Waals surface area contributed by atoms with Crippen molar-refractivity contribution in [2.45, 2.75) is 32.2 Å². The van der Waals surface area contributed by atoms with E-state index in [1.54, 1.807) is 6.07 Å². The van der Waals surface area contributed by atoms with Gasteiger partial charge in [0, 0.05) is 29.7 Å². The van der Waals surface area contributed by atoms with E-state index in [9.17, 15) is 0 Å². The number of nitrogens with zero attached hydrogens (tertiary/aromatic N) is 1. The molecule has 2 rings (SSSR count). The van der Waals surface area contributed by atoms with E-state index >= 15 is 0 Å². The molecule has 0 amide bonds. The minimum atomic E-state index is 0.693. The molecule has 1 aromatic rings. The molecular weight excluding hydrogens is 279 g/mol. The molecule has 0 bridgehead atoms. The zero-order valence-corrected chi connectivity index (χ0v) is 12.8. The molecule has 19 heavy (non-hydrogen) atoms. The van der Waals surface area contributed by atoms with Gasteiger partial charge in [0.1, 0.15) is 0 Å². The Kier molecular flexibility index (Phi) is 6.45. The first-order valence-corrected chi connectivity index (χ1v) is 7.88. The van der Waals surface area contributed by atoms with E-state index < -0.39 is 0 Å². The predicted molar refractivity (Wildman–Crippen MR) is 83.1 cm³/mol. The number of hydrogen-bond acceptors (Lipinski definition) is 2. The maximum absolute atomic E-state index is 6.14. The summed E-state index contributed by atoms with van der Waals surface area (Å²) in [6.45, 7) is 5.46. The molecule has 1 saturated heterocycles. The Labute approximate surface area is 126 Å². The van der Waals surface area contributed by atoms with Crippen LogP contribution in [0.25, 0.3) is 0 Å². The van der Waals surface area contributed by atoms with Crippen LogP contribution in [0.1, 0.15) is 31.2 Å². The Bertz CT molecular complexity index is 388. The number of hydrogen-bond donors (Lipinski definition) is 1. The van der Waals surface area contributed by atoms with Crippen LogP contribution >= 0.6 is 23.2 Å². The first kappa shape index (κ1) is 15.1. The van der Waals surface area contributed by atoms with Gasteiger partial charge in [0.05, 0.1) is 0 Å². The van der Waals surface area contributed by atoms with E-state index in [2.05, 4.69) is 10.2 Å². The smallest absolute Gasteiger partial charge is 0.0465 e. The highest BCUT2D eigenvalue weighted by molar-refractivity contribution is 6.35. The van der Waals surface area contributed by atoms with Gasteiger partial charge in [0.25, 0.3) is 0 Å². The lowest BCUT2D eigenvalue weighted by atomic mass is 10.2. The fourth-order valence-corrected chi connectivity index (χ4v) is 2.96. The van der Waals surface area contributed by atoms with Crippen molar-refractivity contribution in [1.29, 1.82) is 0 Å². The van der Waals surface area contributed by atoms with Gasteiger partial charge >= 0.3 is 0 Å². The van der Waals surface area contributed by atoms with E-state index in [1.165, 1.54) is 38.8 Å². The van der Waals surface area contributed by atoms with Crippen molar-refractivity contribution in [1.82, 2.24) is 10.2 Å². The number of rotatable bonds is 5. The quantitative estimate of drug-likeness (QED) is 0.828. The highest BCUT2D eigenvalue weighted by atomic mass is 35.5. The van der Waals surface area contributed by atoms with E-state index in [1.807, 2.05) is 12.1 Å². The van der Waals surface area contributed by atoms with Crippen molar-refractivity contribution < 1.29 is 0 Å². The second kappa shape index (κ2) is 8.11. The second-order valence-electron chi connectivity index (χ2n) is 5.17. The van der Waals surface area contributed by atoms with E-state index in [-0.39, 0.29) is 0 Å². The molecule has 1 aliphatic heterocycles. The van der Waals surface area contributed by atoms with E-state index in [4.69, 9.17) is 23.2 Å². The molecule has 2 nitrogen and oxygen atoms in total. The summed E-state index contributed by atoms with van der Waals surface area (Å²) in [7, 11) is 0. The lowest BCUT2D eigenvalue weighted by Gasteiger charge is -2.19. The molecule has 4 heteroatoms. The van der Waals surface area contributed by atoms with Crippen molar-refractivity contribution in [3.63, 3.8) is 0 Å². The monoisotopic (exact) mass is 300 g/mol. The number of halogens is 2. The topological polar surface area (TPSA) is 15.3 Å². The molecule has 1 heterocycles. The fourth-order valence-electron chi connectivity index (χ4n) is 2.49. The van der Waals surface area contributed by atoms with Crippen molar-refractivity contribution >= 4 is 23.2 Å². The highest BCUT2D eigenvalue weighted by Crippen LogP contribution is 2.20. The van der Waals surface area contributed by atoms with Gasteiger partial charge in [-0.25, -0.2) is 0 Å². The van der Waals surface area contributed by atoms with Crippen molar-refractivity contribution in [2.75, 3.05) is 26.2 Å². The third kappa shape index (κ3) is 5.31. The van der Waals surface area contributed by atoms with Crippen LogP contribution in [0.5, 0.6) is 0 Å². The molecule has 0 unspecified atom stereocenters. The van der Waals surface area contributed by atoms with Crippen LogP contribution in [0.15, 0.2) is 18.2 Å². The third-order valence-electron chi connectivity index (χ3n) is 3.63. The van der Waals surface area contributed by atoms with Gasteiger partial charge < -0.3 is 10.2 Å². The number of benzene rings is 1. The predicted octanol–water partition coefficient (Wildman–Crippen LogP) is 3.96. The summed E-state index contributed by atoms with van der Waals surface area (Å²) in [6.07, 6.45) is 5.49. The molecule has 0 spiro atoms. The molecule has 0 aromatic heterocycles. The minimum Gasteiger partial charge on any atom is -0.311 e. The first-order valence-electron chi connectivity index (χ1n) is 7.13. The summed E-state index contributed by atoms with van der Waals surface area (Å²) in [5.41, 5.74) is 1.11. The molecule has 106 valence electrons. The van der Waals surface area contributed by atoms with Gasteiger partial charge in [0.15, 0.2) is 0 Å². The van der Waals surface area contributed by atoms with Crippen LogP contribution in [0.3, 0.4) is 0 Å². The zero-order valence-electron chi connectivity index (χ0n) is 11.3. The molecule has 0 saturated carbocycles. The van der Waals surface area contributed by atoms with Crippen LogP contribution in [0.4, 0.5) is 0 Å². The minimum absolute atomic E-state index is 0.693. The SMILES string of the molecule is Clc1ccc(CNCCN2CCCCCC2)c(Cl)c1. The average molecular weight is 301 g/mol. The summed E-state index contributed by atoms with van der Waals surface area (Å²) in [4.78, 5) is 2.56. The summed E-state index contributed by atoms with van der Waals surface area (Å²) >= 11 is 12.0. The lowest BCUT2D eigenvalue weighted by Crippen LogP contribution is -2.32. The Morgan fingerprint density at radius 1 is 1.05 bits per heavy atom. The van der Waals surface area contributed by atoms with Crippen molar-refractivity contribution in [2.24, 2.45) is 0 Å². The van der Waals surface area contributed by atoms with E-state index in [0.29, 0.717) is 5.02 Å². The van der Waals surface area contributed by atoms with Crippen LogP contribution < -0.4 is 5.32 Å². The maximum atomic E-state index is 6.14. The summed E-state index contributed by atoms with van der Waals surface area (Å²) in [5, 5.41) is 4.90. The Morgan fingerprint density at radius 2 is 1.79 bits per heavy atom. The van der Waals surface area contributed by atoms with Crippen molar-refractivity contribution in [3.8, 4) is 0 Å². The Hall–Kier alpha value is -0.280. The Balaban J connectivity index is 1.68. The van der Waals surface area contributed by atoms with Crippen LogP contribution in [-0.2, 0) is 6.54 Å². The number of nitrogens with one attached hydrogen (secondary N) is 1. The lowest BCUT2D eigenvalue weighted by molar-refractivity contribution is 0.284. The normalized spacial score (nSPS) is 17.4. The zero-order chi connectivity index (χ0) is 13.5. The maximum Gasteiger partial charge on any atom is 0.0465 e. The second-order valence-corrected chi connectivity index (χ2v) is 6.01. The van der Waals surface area contributed by atoms with Gasteiger partial charge in [-0.05, 0) is 43.6 Å². The summed E-state index contributed by atoms with van der Waals surface area (Å²) < 4.78 is 0.